The Balaban J connectivity index is 1.79. The van der Waals surface area contributed by atoms with Crippen molar-refractivity contribution in [2.75, 3.05) is 4.72 Å². The predicted molar refractivity (Wildman–Crippen MR) is 79.2 cm³/mol. The summed E-state index contributed by atoms with van der Waals surface area (Å²) in [6.07, 6.45) is 5.45. The van der Waals surface area contributed by atoms with Crippen LogP contribution in [0.1, 0.15) is 23.2 Å². The maximum absolute atomic E-state index is 12.3. The first-order chi connectivity index (χ1) is 10.4. The van der Waals surface area contributed by atoms with E-state index >= 15 is 0 Å². The van der Waals surface area contributed by atoms with Crippen molar-refractivity contribution in [2.24, 2.45) is 5.92 Å². The molecule has 0 amide bonds. The number of benzene rings is 1. The number of rotatable bonds is 6. The smallest absolute Gasteiger partial charge is 0.335 e. The fourth-order valence-corrected chi connectivity index (χ4v) is 3.16. The van der Waals surface area contributed by atoms with Gasteiger partial charge < -0.3 is 5.11 Å². The van der Waals surface area contributed by atoms with Gasteiger partial charge in [0.2, 0.25) is 0 Å². The first-order valence-corrected chi connectivity index (χ1v) is 8.31. The van der Waals surface area contributed by atoms with Crippen molar-refractivity contribution >= 4 is 21.7 Å². The van der Waals surface area contributed by atoms with E-state index in [-0.39, 0.29) is 10.5 Å². The lowest BCUT2D eigenvalue weighted by Crippen LogP contribution is -2.13. The van der Waals surface area contributed by atoms with E-state index in [4.69, 9.17) is 5.11 Å². The van der Waals surface area contributed by atoms with Gasteiger partial charge in [-0.3, -0.25) is 9.40 Å². The highest BCUT2D eigenvalue weighted by atomic mass is 32.2. The average Bonchev–Trinajstić information content (AvgIpc) is 3.18. The highest BCUT2D eigenvalue weighted by molar-refractivity contribution is 7.92. The van der Waals surface area contributed by atoms with E-state index in [1.54, 1.807) is 10.9 Å². The molecule has 1 fully saturated rings. The number of aromatic nitrogens is 2. The Hall–Kier alpha value is -2.35. The molecule has 1 saturated carbocycles. The van der Waals surface area contributed by atoms with Crippen LogP contribution in [0.2, 0.25) is 0 Å². The minimum Gasteiger partial charge on any atom is -0.478 e. The minimum absolute atomic E-state index is 0.0766. The third-order valence-electron chi connectivity index (χ3n) is 3.42. The zero-order valence-corrected chi connectivity index (χ0v) is 12.5. The monoisotopic (exact) mass is 321 g/mol. The molecular weight excluding hydrogens is 306 g/mol. The summed E-state index contributed by atoms with van der Waals surface area (Å²) in [5, 5.41) is 13.0. The van der Waals surface area contributed by atoms with Gasteiger partial charge in [-0.15, -0.1) is 0 Å². The standard InChI is InChI=1S/C14H15N3O4S/c18-14(19)11-2-1-3-13(6-11)22(20,21)16-12-7-15-17(9-12)8-10-4-5-10/h1-3,6-7,9-10,16H,4-5,8H2,(H,18,19). The third kappa shape index (κ3) is 3.28. The van der Waals surface area contributed by atoms with Crippen molar-refractivity contribution in [1.29, 1.82) is 0 Å². The van der Waals surface area contributed by atoms with E-state index in [0.29, 0.717) is 11.6 Å². The topological polar surface area (TPSA) is 101 Å². The number of hydrogen-bond acceptors (Lipinski definition) is 4. The lowest BCUT2D eigenvalue weighted by Gasteiger charge is -2.06. The van der Waals surface area contributed by atoms with E-state index in [0.717, 1.165) is 12.6 Å². The average molecular weight is 321 g/mol. The second-order valence-electron chi connectivity index (χ2n) is 5.33. The van der Waals surface area contributed by atoms with E-state index in [2.05, 4.69) is 9.82 Å². The molecule has 7 nitrogen and oxygen atoms in total. The summed E-state index contributed by atoms with van der Waals surface area (Å²) < 4.78 is 28.7. The van der Waals surface area contributed by atoms with Crippen LogP contribution in [0.5, 0.6) is 0 Å². The van der Waals surface area contributed by atoms with Crippen LogP contribution in [0, 0.1) is 5.92 Å². The SMILES string of the molecule is O=C(O)c1cccc(S(=O)(=O)Nc2cnn(CC3CC3)c2)c1. The van der Waals surface area contributed by atoms with E-state index in [1.807, 2.05) is 0 Å². The lowest BCUT2D eigenvalue weighted by molar-refractivity contribution is 0.0696. The summed E-state index contributed by atoms with van der Waals surface area (Å²) in [5.74, 6) is -0.536. The van der Waals surface area contributed by atoms with Gasteiger partial charge in [0.15, 0.2) is 0 Å². The van der Waals surface area contributed by atoms with Crippen molar-refractivity contribution in [3.63, 3.8) is 0 Å². The van der Waals surface area contributed by atoms with Crippen LogP contribution in [0.3, 0.4) is 0 Å². The van der Waals surface area contributed by atoms with Crippen LogP contribution in [0.15, 0.2) is 41.6 Å². The number of nitrogens with zero attached hydrogens (tertiary/aromatic N) is 2. The fourth-order valence-electron chi connectivity index (χ4n) is 2.09. The molecule has 3 rings (SSSR count). The van der Waals surface area contributed by atoms with Crippen molar-refractivity contribution in [3.05, 3.63) is 42.2 Å². The first-order valence-electron chi connectivity index (χ1n) is 6.83. The van der Waals surface area contributed by atoms with Crippen LogP contribution in [0.25, 0.3) is 0 Å². The number of carboxylic acid groups (broad SMARTS) is 1. The van der Waals surface area contributed by atoms with Crippen LogP contribution in [-0.2, 0) is 16.6 Å². The zero-order chi connectivity index (χ0) is 15.7. The molecular formula is C14H15N3O4S. The zero-order valence-electron chi connectivity index (χ0n) is 11.6. The summed E-state index contributed by atoms with van der Waals surface area (Å²) in [5.41, 5.74) is 0.286. The molecule has 0 bridgehead atoms. The Morgan fingerprint density at radius 2 is 2.18 bits per heavy atom. The fraction of sp³-hybridized carbons (Fsp3) is 0.286. The molecule has 8 heteroatoms. The molecule has 2 aromatic rings. The van der Waals surface area contributed by atoms with Crippen molar-refractivity contribution < 1.29 is 18.3 Å². The second-order valence-corrected chi connectivity index (χ2v) is 7.02. The number of nitrogens with one attached hydrogen (secondary N) is 1. The maximum atomic E-state index is 12.3. The van der Waals surface area contributed by atoms with Crippen LogP contribution < -0.4 is 4.72 Å². The highest BCUT2D eigenvalue weighted by Crippen LogP contribution is 2.30. The maximum Gasteiger partial charge on any atom is 0.335 e. The third-order valence-corrected chi connectivity index (χ3v) is 4.80. The quantitative estimate of drug-likeness (QED) is 0.844. The van der Waals surface area contributed by atoms with Crippen molar-refractivity contribution in [3.8, 4) is 0 Å². The van der Waals surface area contributed by atoms with Gasteiger partial charge in [-0.1, -0.05) is 6.07 Å². The molecule has 1 aliphatic carbocycles. The number of aromatic carboxylic acids is 1. The van der Waals surface area contributed by atoms with Gasteiger partial charge in [-0.05, 0) is 37.0 Å². The van der Waals surface area contributed by atoms with E-state index in [9.17, 15) is 13.2 Å². The number of sulfonamides is 1. The van der Waals surface area contributed by atoms with E-state index in [1.165, 1.54) is 37.2 Å². The van der Waals surface area contributed by atoms with E-state index < -0.39 is 16.0 Å². The molecule has 1 aromatic carbocycles. The summed E-state index contributed by atoms with van der Waals surface area (Å²) in [7, 11) is -3.84. The summed E-state index contributed by atoms with van der Waals surface area (Å²) >= 11 is 0. The highest BCUT2D eigenvalue weighted by Gasteiger charge is 2.22. The summed E-state index contributed by atoms with van der Waals surface area (Å²) in [6.45, 7) is 0.788. The number of carbonyl (C=O) groups is 1. The van der Waals surface area contributed by atoms with Crippen LogP contribution >= 0.6 is 0 Å². The second kappa shape index (κ2) is 5.45. The molecule has 1 aliphatic rings. The molecule has 2 N–H and O–H groups in total. The molecule has 0 atom stereocenters. The van der Waals surface area contributed by atoms with Gasteiger partial charge in [0, 0.05) is 12.7 Å². The molecule has 1 heterocycles. The molecule has 0 saturated heterocycles. The van der Waals surface area contributed by atoms with Gasteiger partial charge in [0.1, 0.15) is 0 Å². The lowest BCUT2D eigenvalue weighted by atomic mass is 10.2. The van der Waals surface area contributed by atoms with Crippen LogP contribution in [0.4, 0.5) is 5.69 Å². The molecule has 116 valence electrons. The Kier molecular flexibility index (Phi) is 3.61. The number of carboxylic acids is 1. The largest absolute Gasteiger partial charge is 0.478 e. The Morgan fingerprint density at radius 1 is 1.41 bits per heavy atom. The molecule has 0 unspecified atom stereocenters. The number of anilines is 1. The van der Waals surface area contributed by atoms with Crippen LogP contribution in [-0.4, -0.2) is 29.3 Å². The molecule has 1 aromatic heterocycles. The molecule has 22 heavy (non-hydrogen) atoms. The molecule has 0 aliphatic heterocycles. The van der Waals surface area contributed by atoms with Gasteiger partial charge in [0.05, 0.1) is 22.3 Å². The van der Waals surface area contributed by atoms with Crippen molar-refractivity contribution in [1.82, 2.24) is 9.78 Å². The summed E-state index contributed by atoms with van der Waals surface area (Å²) in [4.78, 5) is 10.8. The van der Waals surface area contributed by atoms with Gasteiger partial charge in [-0.25, -0.2) is 13.2 Å². The first kappa shape index (κ1) is 14.6. The summed E-state index contributed by atoms with van der Waals surface area (Å²) in [6, 6.07) is 5.21. The van der Waals surface area contributed by atoms with Gasteiger partial charge in [0.25, 0.3) is 10.0 Å². The molecule has 0 radical (unpaired) electrons. The Bertz CT molecular complexity index is 809. The number of hydrogen-bond donors (Lipinski definition) is 2. The normalized spacial score (nSPS) is 14.7. The minimum atomic E-state index is -3.84. The van der Waals surface area contributed by atoms with Gasteiger partial charge in [-0.2, -0.15) is 5.10 Å². The predicted octanol–water partition coefficient (Wildman–Crippen LogP) is 1.79. The molecule has 0 spiro atoms. The Labute approximate surface area is 127 Å². The Morgan fingerprint density at radius 3 is 2.86 bits per heavy atom. The van der Waals surface area contributed by atoms with Crippen molar-refractivity contribution in [2.45, 2.75) is 24.3 Å². The van der Waals surface area contributed by atoms with Gasteiger partial charge >= 0.3 is 5.97 Å².